The lowest BCUT2D eigenvalue weighted by Crippen LogP contribution is -2.09. The lowest BCUT2D eigenvalue weighted by atomic mass is 10.1. The molecule has 0 saturated carbocycles. The fourth-order valence-electron chi connectivity index (χ4n) is 1.15. The molecule has 2 rings (SSSR count). The van der Waals surface area contributed by atoms with Crippen LogP contribution >= 0.6 is 0 Å². The summed E-state index contributed by atoms with van der Waals surface area (Å²) in [5, 5.41) is 10.1. The number of aromatic nitrogens is 3. The van der Waals surface area contributed by atoms with Gasteiger partial charge in [0.15, 0.2) is 0 Å². The molecule has 1 aromatic heterocycles. The number of esters is 1. The lowest BCUT2D eigenvalue weighted by Gasteiger charge is -2.07. The fourth-order valence-corrected chi connectivity index (χ4v) is 1.15. The van der Waals surface area contributed by atoms with E-state index in [1.54, 1.807) is 18.5 Å². The van der Waals surface area contributed by atoms with Crippen LogP contribution in [0, 0.1) is 0 Å². The van der Waals surface area contributed by atoms with Crippen LogP contribution in [0.4, 0.5) is 17.1 Å². The van der Waals surface area contributed by atoms with Gasteiger partial charge in [-0.05, 0) is 23.4 Å². The van der Waals surface area contributed by atoms with Crippen LogP contribution in [0.2, 0.25) is 0 Å². The molecule has 0 aliphatic carbocycles. The lowest BCUT2D eigenvalue weighted by molar-refractivity contribution is 0.0602. The van der Waals surface area contributed by atoms with E-state index in [-0.39, 0.29) is 16.9 Å². The zero-order chi connectivity index (χ0) is 14.3. The predicted molar refractivity (Wildman–Crippen MR) is 70.8 cm³/mol. The van der Waals surface area contributed by atoms with Gasteiger partial charge >= 0.3 is 5.97 Å². The van der Waals surface area contributed by atoms with E-state index in [9.17, 15) is 4.79 Å². The molecule has 0 fully saturated rings. The number of hydrogen-bond acceptors (Lipinski definition) is 8. The van der Waals surface area contributed by atoms with Crippen molar-refractivity contribution in [2.45, 2.75) is 0 Å². The molecule has 0 radical (unpaired) electrons. The third-order valence-corrected chi connectivity index (χ3v) is 2.13. The topological polar surface area (TPSA) is 143 Å². The molecule has 1 heterocycles. The smallest absolute Gasteiger partial charge is 0.340 e. The number of nitrogen functional groups attached to an aromatic ring is 3. The van der Waals surface area contributed by atoms with Gasteiger partial charge in [0, 0.05) is 0 Å². The molecule has 0 unspecified atom stereocenters. The summed E-state index contributed by atoms with van der Waals surface area (Å²) in [5.74, 6) is -0.524. The van der Waals surface area contributed by atoms with Gasteiger partial charge in [-0.25, -0.2) is 4.79 Å². The highest BCUT2D eigenvalue weighted by atomic mass is 16.5. The molecule has 0 aliphatic rings. The van der Waals surface area contributed by atoms with Crippen molar-refractivity contribution in [1.82, 2.24) is 15.4 Å². The second-order valence-electron chi connectivity index (χ2n) is 3.33. The molecule has 0 saturated heterocycles. The molecular weight excluding hydrogens is 248 g/mol. The molecule has 8 heteroatoms. The molecule has 1 aromatic carbocycles. The van der Waals surface area contributed by atoms with Crippen molar-refractivity contribution in [1.29, 1.82) is 0 Å². The van der Waals surface area contributed by atoms with Crippen molar-refractivity contribution in [2.75, 3.05) is 24.3 Å². The van der Waals surface area contributed by atoms with Crippen molar-refractivity contribution >= 4 is 23.0 Å². The van der Waals surface area contributed by atoms with Crippen molar-refractivity contribution < 1.29 is 9.53 Å². The maximum atomic E-state index is 11.1. The number of benzene rings is 1. The van der Waals surface area contributed by atoms with Gasteiger partial charge in [0.1, 0.15) is 0 Å². The van der Waals surface area contributed by atoms with E-state index in [1.165, 1.54) is 19.2 Å². The van der Waals surface area contributed by atoms with E-state index in [0.29, 0.717) is 5.69 Å². The monoisotopic (exact) mass is 262 g/mol. The van der Waals surface area contributed by atoms with E-state index in [1.807, 2.05) is 0 Å². The van der Waals surface area contributed by atoms with Gasteiger partial charge in [0.2, 0.25) is 0 Å². The largest absolute Gasteiger partial charge is 0.465 e. The minimum Gasteiger partial charge on any atom is -0.465 e. The zero-order valence-corrected chi connectivity index (χ0v) is 10.3. The average molecular weight is 262 g/mol. The Bertz CT molecular complexity index is 520. The number of hydrogen-bond donors (Lipinski definition) is 3. The van der Waals surface area contributed by atoms with E-state index < -0.39 is 5.97 Å². The molecule has 0 aliphatic heterocycles. The molecule has 2 aromatic rings. The number of rotatable bonds is 1. The predicted octanol–water partition coefficient (Wildman–Crippen LogP) is 0.0914. The Morgan fingerprint density at radius 2 is 1.74 bits per heavy atom. The van der Waals surface area contributed by atoms with Crippen LogP contribution in [-0.4, -0.2) is 28.5 Å². The standard InChI is InChI=1S/C8H11N3O2.C3H3N3/c1-13-8(12)4-2-3-5(9)7(11)6(4)10;1-2-4-6-5-3-1/h2-3H,9-11H2,1H3;1-3H. The van der Waals surface area contributed by atoms with Crippen LogP contribution in [0.15, 0.2) is 30.6 Å². The van der Waals surface area contributed by atoms with Gasteiger partial charge in [-0.3, -0.25) is 0 Å². The van der Waals surface area contributed by atoms with Crippen LogP contribution < -0.4 is 17.2 Å². The number of methoxy groups -OCH3 is 1. The first-order valence-corrected chi connectivity index (χ1v) is 5.18. The molecule has 0 atom stereocenters. The Labute approximate surface area is 109 Å². The SMILES string of the molecule is COC(=O)c1ccc(N)c(N)c1N.c1cnnnc1. The van der Waals surface area contributed by atoms with Crippen LogP contribution in [0.25, 0.3) is 0 Å². The number of anilines is 3. The first kappa shape index (κ1) is 14.2. The second kappa shape index (κ2) is 6.74. The van der Waals surface area contributed by atoms with E-state index in [0.717, 1.165) is 0 Å². The number of nitrogens with two attached hydrogens (primary N) is 3. The normalized spacial score (nSPS) is 9.11. The fraction of sp³-hybridized carbons (Fsp3) is 0.0909. The minimum atomic E-state index is -0.524. The quantitative estimate of drug-likeness (QED) is 0.484. The molecular formula is C11H14N6O2. The van der Waals surface area contributed by atoms with E-state index in [2.05, 4.69) is 20.1 Å². The maximum Gasteiger partial charge on any atom is 0.340 e. The first-order valence-electron chi connectivity index (χ1n) is 5.18. The van der Waals surface area contributed by atoms with E-state index >= 15 is 0 Å². The second-order valence-corrected chi connectivity index (χ2v) is 3.33. The van der Waals surface area contributed by atoms with Gasteiger partial charge in [-0.1, -0.05) is 0 Å². The Hall–Kier alpha value is -2.90. The first-order chi connectivity index (χ1) is 9.07. The Morgan fingerprint density at radius 1 is 1.11 bits per heavy atom. The summed E-state index contributed by atoms with van der Waals surface area (Å²) in [6.07, 6.45) is 3.15. The zero-order valence-electron chi connectivity index (χ0n) is 10.3. The molecule has 0 bridgehead atoms. The summed E-state index contributed by atoms with van der Waals surface area (Å²) in [5.41, 5.74) is 17.5. The maximum absolute atomic E-state index is 11.1. The summed E-state index contributed by atoms with van der Waals surface area (Å²) >= 11 is 0. The Balaban J connectivity index is 0.000000250. The molecule has 100 valence electrons. The number of ether oxygens (including phenoxy) is 1. The average Bonchev–Trinajstić information content (AvgIpc) is 2.47. The van der Waals surface area contributed by atoms with Gasteiger partial charge < -0.3 is 21.9 Å². The van der Waals surface area contributed by atoms with Crippen molar-refractivity contribution in [2.24, 2.45) is 0 Å². The molecule has 8 nitrogen and oxygen atoms in total. The molecule has 6 N–H and O–H groups in total. The van der Waals surface area contributed by atoms with Gasteiger partial charge in [0.05, 0.1) is 42.1 Å². The van der Waals surface area contributed by atoms with Crippen LogP contribution in [-0.2, 0) is 4.74 Å². The highest BCUT2D eigenvalue weighted by Crippen LogP contribution is 2.26. The summed E-state index contributed by atoms with van der Waals surface area (Å²) in [6.45, 7) is 0. The number of nitrogens with zero attached hydrogens (tertiary/aromatic N) is 3. The number of carbonyl (C=O) groups is 1. The van der Waals surface area contributed by atoms with Crippen molar-refractivity contribution in [3.8, 4) is 0 Å². The molecule has 0 amide bonds. The third-order valence-electron chi connectivity index (χ3n) is 2.13. The van der Waals surface area contributed by atoms with Gasteiger partial charge in [0.25, 0.3) is 0 Å². The van der Waals surface area contributed by atoms with E-state index in [4.69, 9.17) is 17.2 Å². The summed E-state index contributed by atoms with van der Waals surface area (Å²) < 4.78 is 4.50. The van der Waals surface area contributed by atoms with Crippen LogP contribution in [0.3, 0.4) is 0 Å². The summed E-state index contributed by atoms with van der Waals surface area (Å²) in [7, 11) is 1.27. The summed E-state index contributed by atoms with van der Waals surface area (Å²) in [6, 6.07) is 4.71. The third kappa shape index (κ3) is 3.80. The van der Waals surface area contributed by atoms with Gasteiger partial charge in [-0.15, -0.1) is 10.2 Å². The highest BCUT2D eigenvalue weighted by Gasteiger charge is 2.12. The molecule has 0 spiro atoms. The van der Waals surface area contributed by atoms with Crippen LogP contribution in [0.1, 0.15) is 10.4 Å². The molecule has 19 heavy (non-hydrogen) atoms. The van der Waals surface area contributed by atoms with Gasteiger partial charge in [-0.2, -0.15) is 0 Å². The Morgan fingerprint density at radius 3 is 2.16 bits per heavy atom. The number of carbonyl (C=O) groups excluding carboxylic acids is 1. The van der Waals surface area contributed by atoms with Crippen LogP contribution in [0.5, 0.6) is 0 Å². The Kier molecular flexibility index (Phi) is 5.03. The van der Waals surface area contributed by atoms with Crippen molar-refractivity contribution in [3.63, 3.8) is 0 Å². The minimum absolute atomic E-state index is 0.159. The highest BCUT2D eigenvalue weighted by molar-refractivity contribution is 6.00. The van der Waals surface area contributed by atoms with Crippen molar-refractivity contribution in [3.05, 3.63) is 36.2 Å². The summed E-state index contributed by atoms with van der Waals surface area (Å²) in [4.78, 5) is 11.1.